The zero-order chi connectivity index (χ0) is 18.6. The molecule has 0 bridgehead atoms. The first-order chi connectivity index (χ1) is 13.2. The third kappa shape index (κ3) is 5.18. The molecule has 2 N–H and O–H groups in total. The van der Waals surface area contributed by atoms with Crippen molar-refractivity contribution in [3.8, 4) is 0 Å². The molecule has 9 heteroatoms. The highest BCUT2D eigenvalue weighted by Gasteiger charge is 2.23. The van der Waals surface area contributed by atoms with E-state index in [1.807, 2.05) is 22.2 Å². The van der Waals surface area contributed by atoms with Crippen LogP contribution in [-0.2, 0) is 6.54 Å². The minimum Gasteiger partial charge on any atom is -0.369 e. The van der Waals surface area contributed by atoms with E-state index in [2.05, 4.69) is 67.6 Å². The summed E-state index contributed by atoms with van der Waals surface area (Å²) in [5, 5.41) is 8.97. The molecule has 28 heavy (non-hydrogen) atoms. The van der Waals surface area contributed by atoms with Gasteiger partial charge in [0, 0.05) is 53.6 Å². The molecule has 2 aromatic heterocycles. The van der Waals surface area contributed by atoms with E-state index < -0.39 is 0 Å². The predicted molar refractivity (Wildman–Crippen MR) is 131 cm³/mol. The lowest BCUT2D eigenvalue weighted by molar-refractivity contribution is 0.649. The van der Waals surface area contributed by atoms with Gasteiger partial charge in [-0.2, -0.15) is 0 Å². The third-order valence-corrected chi connectivity index (χ3v) is 5.91. The fraction of sp³-hybridized carbons (Fsp3) is 0.368. The van der Waals surface area contributed by atoms with Crippen LogP contribution in [-0.4, -0.2) is 41.0 Å². The van der Waals surface area contributed by atoms with Gasteiger partial charge in [0.2, 0.25) is 0 Å². The first-order valence-electron chi connectivity index (χ1n) is 9.17. The van der Waals surface area contributed by atoms with Gasteiger partial charge in [-0.05, 0) is 37.6 Å². The summed E-state index contributed by atoms with van der Waals surface area (Å²) in [5.41, 5.74) is 2.25. The van der Waals surface area contributed by atoms with Gasteiger partial charge in [-0.3, -0.25) is 4.40 Å². The van der Waals surface area contributed by atoms with E-state index in [1.165, 1.54) is 5.69 Å². The number of rotatable bonds is 5. The number of anilines is 1. The van der Waals surface area contributed by atoms with Crippen molar-refractivity contribution in [3.05, 3.63) is 52.2 Å². The Morgan fingerprint density at radius 2 is 2.18 bits per heavy atom. The van der Waals surface area contributed by atoms with Crippen molar-refractivity contribution in [2.75, 3.05) is 24.5 Å². The number of halogens is 2. The minimum absolute atomic E-state index is 0. The second kappa shape index (κ2) is 9.93. The molecular weight excluding hydrogens is 551 g/mol. The molecule has 1 aromatic carbocycles. The summed E-state index contributed by atoms with van der Waals surface area (Å²) in [4.78, 5) is 12.8. The van der Waals surface area contributed by atoms with Gasteiger partial charge in [-0.25, -0.2) is 9.98 Å². The molecule has 0 saturated carbocycles. The highest BCUT2D eigenvalue weighted by molar-refractivity contribution is 14.0. The Kier molecular flexibility index (Phi) is 7.58. The van der Waals surface area contributed by atoms with Crippen LogP contribution in [0.4, 0.5) is 5.69 Å². The maximum Gasteiger partial charge on any atom is 0.193 e. The molecule has 6 nitrogen and oxygen atoms in total. The highest BCUT2D eigenvalue weighted by Crippen LogP contribution is 2.22. The number of imidazole rings is 1. The lowest BCUT2D eigenvalue weighted by Crippen LogP contribution is -2.44. The van der Waals surface area contributed by atoms with Crippen LogP contribution in [0.25, 0.3) is 4.96 Å². The predicted octanol–water partition coefficient (Wildman–Crippen LogP) is 4.11. The van der Waals surface area contributed by atoms with Gasteiger partial charge in [0.05, 0.1) is 12.2 Å². The second-order valence-corrected chi connectivity index (χ2v) is 8.36. The zero-order valence-electron chi connectivity index (χ0n) is 15.6. The van der Waals surface area contributed by atoms with E-state index in [1.54, 1.807) is 11.3 Å². The van der Waals surface area contributed by atoms with Crippen LogP contribution >= 0.6 is 51.2 Å². The van der Waals surface area contributed by atoms with E-state index in [0.29, 0.717) is 12.6 Å². The van der Waals surface area contributed by atoms with Gasteiger partial charge >= 0.3 is 0 Å². The van der Waals surface area contributed by atoms with Crippen molar-refractivity contribution in [1.82, 2.24) is 20.0 Å². The van der Waals surface area contributed by atoms with E-state index in [0.717, 1.165) is 47.1 Å². The Morgan fingerprint density at radius 1 is 1.36 bits per heavy atom. The maximum atomic E-state index is 4.73. The molecular formula is C19H24BrIN6S. The number of aromatic nitrogens is 2. The average Bonchev–Trinajstić information content (AvgIpc) is 3.36. The second-order valence-electron chi connectivity index (χ2n) is 6.57. The number of nitrogens with zero attached hydrogens (tertiary/aromatic N) is 4. The number of guanidine groups is 1. The molecule has 3 aromatic rings. The normalized spacial score (nSPS) is 17.0. The van der Waals surface area contributed by atoms with Crippen LogP contribution in [0.2, 0.25) is 0 Å². The van der Waals surface area contributed by atoms with E-state index >= 15 is 0 Å². The van der Waals surface area contributed by atoms with Gasteiger partial charge < -0.3 is 15.5 Å². The molecule has 3 heterocycles. The van der Waals surface area contributed by atoms with Crippen molar-refractivity contribution < 1.29 is 0 Å². The Morgan fingerprint density at radius 3 is 2.93 bits per heavy atom. The molecule has 0 amide bonds. The largest absolute Gasteiger partial charge is 0.369 e. The number of fused-ring (bicyclic) bond motifs is 1. The smallest absolute Gasteiger partial charge is 0.193 e. The number of benzene rings is 1. The Labute approximate surface area is 194 Å². The Hall–Kier alpha value is -1.33. The standard InChI is InChI=1S/C19H23BrN6S.HI/c1-2-21-18(22-11-16-13-26-9-10-27-19(26)24-16)23-15-7-8-25(12-15)17-5-3-14(20)4-6-17;/h3-6,9-10,13,15H,2,7-8,11-12H2,1H3,(H2,21,22,23);1H. The lowest BCUT2D eigenvalue weighted by Gasteiger charge is -2.20. The van der Waals surface area contributed by atoms with Crippen molar-refractivity contribution in [2.45, 2.75) is 25.9 Å². The van der Waals surface area contributed by atoms with Gasteiger partial charge in [-0.1, -0.05) is 15.9 Å². The van der Waals surface area contributed by atoms with Gasteiger partial charge in [0.15, 0.2) is 10.9 Å². The first kappa shape index (κ1) is 21.4. The van der Waals surface area contributed by atoms with Crippen LogP contribution in [0.15, 0.2) is 51.5 Å². The summed E-state index contributed by atoms with van der Waals surface area (Å²) in [5.74, 6) is 0.858. The summed E-state index contributed by atoms with van der Waals surface area (Å²) in [6.45, 7) is 5.54. The topological polar surface area (TPSA) is 57.0 Å². The Balaban J connectivity index is 0.00000225. The first-order valence-corrected chi connectivity index (χ1v) is 10.8. The number of aliphatic imine (C=N–C) groups is 1. The Bertz CT molecular complexity index is 894. The van der Waals surface area contributed by atoms with Gasteiger partial charge in [0.25, 0.3) is 0 Å². The quantitative estimate of drug-likeness (QED) is 0.274. The van der Waals surface area contributed by atoms with Crippen molar-refractivity contribution >= 4 is 67.9 Å². The van der Waals surface area contributed by atoms with Crippen LogP contribution < -0.4 is 15.5 Å². The summed E-state index contributed by atoms with van der Waals surface area (Å²) >= 11 is 5.14. The SMILES string of the molecule is CCNC(=NCc1cn2ccsc2n1)NC1CCN(c2ccc(Br)cc2)C1.I. The summed E-state index contributed by atoms with van der Waals surface area (Å²) in [7, 11) is 0. The summed E-state index contributed by atoms with van der Waals surface area (Å²) in [6, 6.07) is 8.90. The van der Waals surface area contributed by atoms with Crippen molar-refractivity contribution in [2.24, 2.45) is 4.99 Å². The average molecular weight is 575 g/mol. The van der Waals surface area contributed by atoms with Crippen LogP contribution in [0.1, 0.15) is 19.0 Å². The third-order valence-electron chi connectivity index (χ3n) is 4.61. The van der Waals surface area contributed by atoms with Gasteiger partial charge in [-0.15, -0.1) is 35.3 Å². The molecule has 1 atom stereocenters. The molecule has 1 unspecified atom stereocenters. The van der Waals surface area contributed by atoms with E-state index in [-0.39, 0.29) is 24.0 Å². The molecule has 150 valence electrons. The minimum atomic E-state index is 0. The number of nitrogens with one attached hydrogen (secondary N) is 2. The summed E-state index contributed by atoms with van der Waals surface area (Å²) in [6.07, 6.45) is 5.17. The number of thiazole rings is 1. The molecule has 4 rings (SSSR count). The lowest BCUT2D eigenvalue weighted by atomic mass is 10.3. The van der Waals surface area contributed by atoms with Crippen LogP contribution in [0.5, 0.6) is 0 Å². The van der Waals surface area contributed by atoms with Gasteiger partial charge in [0.1, 0.15) is 0 Å². The van der Waals surface area contributed by atoms with Crippen molar-refractivity contribution in [3.63, 3.8) is 0 Å². The number of hydrogen-bond acceptors (Lipinski definition) is 4. The van der Waals surface area contributed by atoms with Crippen LogP contribution in [0.3, 0.4) is 0 Å². The molecule has 1 aliphatic heterocycles. The molecule has 1 saturated heterocycles. The summed E-state index contributed by atoms with van der Waals surface area (Å²) < 4.78 is 3.16. The molecule has 0 radical (unpaired) electrons. The molecule has 0 aliphatic carbocycles. The monoisotopic (exact) mass is 574 g/mol. The van der Waals surface area contributed by atoms with Crippen molar-refractivity contribution in [1.29, 1.82) is 0 Å². The molecule has 1 fully saturated rings. The highest BCUT2D eigenvalue weighted by atomic mass is 127. The fourth-order valence-corrected chi connectivity index (χ4v) is 4.27. The van der Waals surface area contributed by atoms with Crippen LogP contribution in [0, 0.1) is 0 Å². The van der Waals surface area contributed by atoms with E-state index in [9.17, 15) is 0 Å². The fourth-order valence-electron chi connectivity index (χ4n) is 3.29. The maximum absolute atomic E-state index is 4.73. The van der Waals surface area contributed by atoms with E-state index in [4.69, 9.17) is 4.99 Å². The zero-order valence-corrected chi connectivity index (χ0v) is 20.4. The molecule has 0 spiro atoms. The number of hydrogen-bond donors (Lipinski definition) is 2. The molecule has 1 aliphatic rings.